The van der Waals surface area contributed by atoms with Gasteiger partial charge in [0.15, 0.2) is 42.2 Å². The lowest BCUT2D eigenvalue weighted by atomic mass is 9.78. The van der Waals surface area contributed by atoms with Crippen molar-refractivity contribution in [1.29, 1.82) is 0 Å². The summed E-state index contributed by atoms with van der Waals surface area (Å²) in [7, 11) is -5.42. The summed E-state index contributed by atoms with van der Waals surface area (Å²) in [6, 6.07) is 0. The molecule has 4 atom stereocenters. The normalized spacial score (nSPS) is 22.3. The number of fused-ring (bicyclic) bond motifs is 1. The molecule has 0 amide bonds. The van der Waals surface area contributed by atoms with Crippen LogP contribution in [0, 0.1) is 11.8 Å². The molecule has 11 nitrogen and oxygen atoms in total. The van der Waals surface area contributed by atoms with E-state index in [1.807, 2.05) is 44.0 Å². The zero-order valence-electron chi connectivity index (χ0n) is 30.6. The quantitative estimate of drug-likeness (QED) is 0.187. The first-order chi connectivity index (χ1) is 20.8. The Labute approximate surface area is 278 Å². The van der Waals surface area contributed by atoms with Crippen LogP contribution in [0.15, 0.2) is 18.7 Å². The number of anilines is 1. The lowest BCUT2D eigenvalue weighted by molar-refractivity contribution is -0.0353. The first-order valence-electron chi connectivity index (χ1n) is 16.5. The van der Waals surface area contributed by atoms with Crippen molar-refractivity contribution in [2.24, 2.45) is 18.9 Å². The van der Waals surface area contributed by atoms with Crippen LogP contribution in [0.25, 0.3) is 22.6 Å². The molecule has 3 aromatic heterocycles. The smallest absolute Gasteiger partial charge is 0.192 e. The van der Waals surface area contributed by atoms with E-state index in [0.717, 1.165) is 18.4 Å². The molecule has 0 saturated carbocycles. The van der Waals surface area contributed by atoms with E-state index < -0.39 is 31.2 Å². The molecule has 1 aliphatic rings. The average molecular weight is 690 g/mol. The van der Waals surface area contributed by atoms with E-state index in [1.54, 1.807) is 17.2 Å². The highest BCUT2D eigenvalue weighted by atomic mass is 28.4. The van der Waals surface area contributed by atoms with E-state index in [-0.39, 0.29) is 33.1 Å². The minimum absolute atomic E-state index is 0.0204. The molecule has 1 fully saturated rings. The number of hydrogen-bond acceptors (Lipinski definition) is 9. The van der Waals surface area contributed by atoms with Gasteiger partial charge in [0.2, 0.25) is 0 Å². The van der Waals surface area contributed by atoms with E-state index in [4.69, 9.17) is 19.9 Å². The second kappa shape index (κ2) is 12.2. The summed E-state index contributed by atoms with van der Waals surface area (Å²) in [5.74, 6) is 0.800. The molecule has 1 saturated heterocycles. The summed E-state index contributed by atoms with van der Waals surface area (Å²) in [5.41, 5.74) is 8.35. The van der Waals surface area contributed by atoms with Crippen LogP contribution < -0.4 is 5.73 Å². The number of nitrogen functional groups attached to an aromatic ring is 1. The van der Waals surface area contributed by atoms with E-state index in [1.165, 1.54) is 0 Å². The Hall–Kier alpha value is -1.95. The van der Waals surface area contributed by atoms with Gasteiger partial charge in [0, 0.05) is 19.2 Å². The maximum atomic E-state index is 11.5. The van der Waals surface area contributed by atoms with E-state index in [2.05, 4.69) is 76.6 Å². The van der Waals surface area contributed by atoms with Gasteiger partial charge < -0.3 is 24.5 Å². The van der Waals surface area contributed by atoms with Gasteiger partial charge >= 0.3 is 0 Å². The zero-order valence-corrected chi connectivity index (χ0v) is 33.6. The summed E-state index contributed by atoms with van der Waals surface area (Å²) in [6.45, 7) is 28.5. The van der Waals surface area contributed by atoms with Crippen molar-refractivity contribution in [1.82, 2.24) is 29.3 Å². The number of hydrogen-bond donors (Lipinski definition) is 3. The van der Waals surface area contributed by atoms with Gasteiger partial charge in [-0.1, -0.05) is 48.5 Å². The van der Waals surface area contributed by atoms with Crippen LogP contribution in [0.1, 0.15) is 67.5 Å². The third-order valence-corrected chi connectivity index (χ3v) is 23.1. The molecule has 4 rings (SSSR count). The number of nitrogens with zero attached hydrogens (tertiary/aromatic N) is 6. The highest BCUT2D eigenvalue weighted by molar-refractivity contribution is 6.74. The summed E-state index contributed by atoms with van der Waals surface area (Å²) in [6.07, 6.45) is 6.18. The van der Waals surface area contributed by atoms with E-state index >= 15 is 0 Å². The van der Waals surface area contributed by atoms with Crippen molar-refractivity contribution in [2.45, 2.75) is 128 Å². The Morgan fingerprint density at radius 3 is 1.98 bits per heavy atom. The number of aryl methyl sites for hydroxylation is 1. The predicted molar refractivity (Wildman–Crippen MR) is 193 cm³/mol. The Kier molecular flexibility index (Phi) is 9.77. The van der Waals surface area contributed by atoms with Crippen LogP contribution in [0.5, 0.6) is 0 Å². The van der Waals surface area contributed by atoms with Gasteiger partial charge in [-0.2, -0.15) is 5.10 Å². The van der Waals surface area contributed by atoms with Gasteiger partial charge in [0.25, 0.3) is 0 Å². The standard InChI is InChI=1S/C32H59N7O4Si3/c1-30(2,3)46(13,14)42-19-24-22(15-31(4,5)44(9,10)40)23(16-32(6,7)45(11,12)41)29(43-24)39-20-34-25-26(33)36-27(37-28(25)39)21-17-35-38(8)18-21/h17-18,20,22-24,29,40-41H,15-16,19H2,1-14H3,(H2,33,36,37)/t22-,23+,24?,29?/m0/s1. The molecule has 2 unspecified atom stereocenters. The van der Waals surface area contributed by atoms with Crippen molar-refractivity contribution in [3.05, 3.63) is 18.7 Å². The summed E-state index contributed by atoms with van der Waals surface area (Å²) < 4.78 is 17.7. The largest absolute Gasteiger partial charge is 0.432 e. The van der Waals surface area contributed by atoms with Crippen LogP contribution >= 0.6 is 0 Å². The van der Waals surface area contributed by atoms with Gasteiger partial charge in [-0.25, -0.2) is 15.0 Å². The van der Waals surface area contributed by atoms with Crippen LogP contribution in [-0.2, 0) is 16.2 Å². The van der Waals surface area contributed by atoms with Crippen LogP contribution in [-0.4, -0.2) is 76.6 Å². The first-order valence-corrected chi connectivity index (χ1v) is 25.3. The average Bonchev–Trinajstić information content (AvgIpc) is 3.58. The second-order valence-electron chi connectivity index (χ2n) is 17.4. The molecule has 1 aliphatic heterocycles. The number of aromatic nitrogens is 6. The van der Waals surface area contributed by atoms with Gasteiger partial charge in [-0.15, -0.1) is 0 Å². The lowest BCUT2D eigenvalue weighted by Crippen LogP contribution is -2.46. The molecule has 0 radical (unpaired) electrons. The van der Waals surface area contributed by atoms with Gasteiger partial charge in [-0.3, -0.25) is 9.25 Å². The Morgan fingerprint density at radius 2 is 1.48 bits per heavy atom. The predicted octanol–water partition coefficient (Wildman–Crippen LogP) is 6.70. The number of ether oxygens (including phenoxy) is 1. The van der Waals surface area contributed by atoms with Gasteiger partial charge in [0.05, 0.1) is 30.8 Å². The van der Waals surface area contributed by atoms with Crippen LogP contribution in [0.2, 0.25) is 54.4 Å². The third kappa shape index (κ3) is 7.22. The first kappa shape index (κ1) is 36.9. The Balaban J connectivity index is 1.88. The van der Waals surface area contributed by atoms with E-state index in [9.17, 15) is 9.59 Å². The summed E-state index contributed by atoms with van der Waals surface area (Å²) in [4.78, 5) is 37.1. The fourth-order valence-corrected chi connectivity index (χ4v) is 8.30. The summed E-state index contributed by atoms with van der Waals surface area (Å²) >= 11 is 0. The van der Waals surface area contributed by atoms with Crippen molar-refractivity contribution in [2.75, 3.05) is 12.3 Å². The monoisotopic (exact) mass is 689 g/mol. The molecule has 0 spiro atoms. The van der Waals surface area contributed by atoms with Crippen LogP contribution in [0.4, 0.5) is 5.82 Å². The third-order valence-electron chi connectivity index (χ3n) is 11.6. The topological polar surface area (TPSA) is 146 Å². The Morgan fingerprint density at radius 1 is 0.913 bits per heavy atom. The second-order valence-corrected chi connectivity index (χ2v) is 31.2. The highest BCUT2D eigenvalue weighted by Gasteiger charge is 2.54. The molecule has 4 N–H and O–H groups in total. The number of rotatable bonds is 11. The van der Waals surface area contributed by atoms with Crippen molar-refractivity contribution in [3.8, 4) is 11.4 Å². The molecule has 4 heterocycles. The van der Waals surface area contributed by atoms with Crippen molar-refractivity contribution < 1.29 is 18.8 Å². The molecule has 0 aromatic carbocycles. The van der Waals surface area contributed by atoms with Crippen molar-refractivity contribution >= 4 is 41.9 Å². The maximum Gasteiger partial charge on any atom is 0.192 e. The lowest BCUT2D eigenvalue weighted by Gasteiger charge is -2.43. The molecule has 14 heteroatoms. The minimum atomic E-state index is -2.60. The van der Waals surface area contributed by atoms with Crippen LogP contribution in [0.3, 0.4) is 0 Å². The fourth-order valence-electron chi connectivity index (χ4n) is 5.81. The molecule has 0 aliphatic carbocycles. The Bertz CT molecular complexity index is 1530. The molecule has 0 bridgehead atoms. The fraction of sp³-hybridized carbons (Fsp3) is 0.750. The van der Waals surface area contributed by atoms with Gasteiger partial charge in [-0.05, 0) is 73.2 Å². The van der Waals surface area contributed by atoms with Crippen molar-refractivity contribution in [3.63, 3.8) is 0 Å². The molecular formula is C32H59N7O4Si3. The summed E-state index contributed by atoms with van der Waals surface area (Å²) in [5, 5.41) is 3.72. The molecule has 3 aromatic rings. The molecule has 46 heavy (non-hydrogen) atoms. The maximum absolute atomic E-state index is 11.5. The minimum Gasteiger partial charge on any atom is -0.432 e. The molecule has 258 valence electrons. The number of nitrogens with two attached hydrogens (primary N) is 1. The molecular weight excluding hydrogens is 631 g/mol. The SMILES string of the molecule is Cn1cc(-c2nc(N)c3ncn(C4OC(CO[Si](C)(C)C(C)(C)C)[C@@H](CC(C)(C)[Si](C)(C)O)[C@H]4CC(C)(C)[Si](C)(C)O)c3n2)cn1. The highest BCUT2D eigenvalue weighted by Crippen LogP contribution is 2.56. The zero-order chi connectivity index (χ0) is 34.8. The number of imidazole rings is 1. The van der Waals surface area contributed by atoms with E-state index in [0.29, 0.717) is 29.4 Å². The van der Waals surface area contributed by atoms with Gasteiger partial charge in [0.1, 0.15) is 11.7 Å².